The van der Waals surface area contributed by atoms with E-state index < -0.39 is 27.6 Å². The molecule has 0 saturated heterocycles. The van der Waals surface area contributed by atoms with Gasteiger partial charge in [-0.05, 0) is 57.0 Å². The summed E-state index contributed by atoms with van der Waals surface area (Å²) in [6.07, 6.45) is -2.75. The van der Waals surface area contributed by atoms with Crippen molar-refractivity contribution in [3.63, 3.8) is 0 Å². The molecule has 1 aromatic heterocycles. The van der Waals surface area contributed by atoms with Crippen LogP contribution in [0.1, 0.15) is 44.0 Å². The molecule has 1 N–H and O–H groups in total. The van der Waals surface area contributed by atoms with Crippen molar-refractivity contribution in [2.45, 2.75) is 50.8 Å². The third kappa shape index (κ3) is 4.56. The Bertz CT molecular complexity index is 928. The summed E-state index contributed by atoms with van der Waals surface area (Å²) in [7, 11) is -1.47. The predicted molar refractivity (Wildman–Crippen MR) is 104 cm³/mol. The lowest BCUT2D eigenvalue weighted by Crippen LogP contribution is -2.51. The number of aryl methyl sites for hydroxylation is 1. The van der Waals surface area contributed by atoms with E-state index in [2.05, 4.69) is 14.4 Å². The van der Waals surface area contributed by atoms with Crippen molar-refractivity contribution in [1.82, 2.24) is 9.71 Å². The van der Waals surface area contributed by atoms with Crippen molar-refractivity contribution in [3.8, 4) is 11.5 Å². The van der Waals surface area contributed by atoms with Gasteiger partial charge in [0.05, 0.1) is 22.3 Å². The second-order valence-electron chi connectivity index (χ2n) is 7.87. The Morgan fingerprint density at radius 2 is 1.97 bits per heavy atom. The lowest BCUT2D eigenvalue weighted by Gasteiger charge is -2.40. The van der Waals surface area contributed by atoms with Gasteiger partial charge in [-0.15, -0.1) is 13.2 Å². The van der Waals surface area contributed by atoms with E-state index >= 15 is 0 Å². The van der Waals surface area contributed by atoms with Gasteiger partial charge in [-0.2, -0.15) is 0 Å². The molecule has 9 heteroatoms. The normalized spacial score (nSPS) is 20.5. The van der Waals surface area contributed by atoms with Crippen LogP contribution in [0.2, 0.25) is 0 Å². The number of ether oxygens (including phenoxy) is 2. The van der Waals surface area contributed by atoms with Crippen molar-refractivity contribution in [3.05, 3.63) is 53.3 Å². The molecular formula is C20H23F3N2O3S. The molecule has 2 aromatic rings. The van der Waals surface area contributed by atoms with E-state index in [0.29, 0.717) is 35.6 Å². The molecule has 158 valence electrons. The summed E-state index contributed by atoms with van der Waals surface area (Å²) in [6, 6.07) is 7.94. The van der Waals surface area contributed by atoms with E-state index in [1.165, 1.54) is 13.0 Å². The number of alkyl halides is 3. The van der Waals surface area contributed by atoms with Crippen LogP contribution in [0.4, 0.5) is 13.2 Å². The number of nitrogens with one attached hydrogen (secondary N) is 1. The zero-order chi connectivity index (χ0) is 21.4. The maximum atomic E-state index is 13.0. The van der Waals surface area contributed by atoms with Gasteiger partial charge in [-0.3, -0.25) is 4.98 Å². The van der Waals surface area contributed by atoms with Crippen LogP contribution in [0, 0.1) is 6.92 Å². The lowest BCUT2D eigenvalue weighted by atomic mass is 9.82. The molecule has 0 spiro atoms. The Hall–Kier alpha value is -2.13. The van der Waals surface area contributed by atoms with Gasteiger partial charge in [-0.25, -0.2) is 8.93 Å². The van der Waals surface area contributed by atoms with Gasteiger partial charge in [0, 0.05) is 12.6 Å². The molecular weight excluding hydrogens is 405 g/mol. The van der Waals surface area contributed by atoms with Crippen LogP contribution < -0.4 is 14.2 Å². The Morgan fingerprint density at radius 1 is 1.24 bits per heavy atom. The highest BCUT2D eigenvalue weighted by molar-refractivity contribution is 7.84. The molecule has 0 bridgehead atoms. The average molecular weight is 428 g/mol. The van der Waals surface area contributed by atoms with Crippen LogP contribution in [0.5, 0.6) is 11.5 Å². The minimum absolute atomic E-state index is 0.276. The number of rotatable bonds is 4. The minimum atomic E-state index is -4.78. The Balaban J connectivity index is 2.13. The second-order valence-corrected chi connectivity index (χ2v) is 9.83. The number of fused-ring (bicyclic) bond motifs is 1. The van der Waals surface area contributed by atoms with Gasteiger partial charge in [-0.1, -0.05) is 12.1 Å². The van der Waals surface area contributed by atoms with E-state index in [4.69, 9.17) is 4.74 Å². The zero-order valence-corrected chi connectivity index (χ0v) is 17.4. The Morgan fingerprint density at radius 3 is 2.59 bits per heavy atom. The molecule has 0 aliphatic carbocycles. The largest absolute Gasteiger partial charge is 0.573 e. The number of hydrogen-bond donors (Lipinski definition) is 1. The number of benzene rings is 1. The summed E-state index contributed by atoms with van der Waals surface area (Å²) in [5, 5.41) is 0. The summed E-state index contributed by atoms with van der Waals surface area (Å²) in [5.41, 5.74) is 0.527. The van der Waals surface area contributed by atoms with Gasteiger partial charge in [0.2, 0.25) is 0 Å². The first-order valence-electron chi connectivity index (χ1n) is 9.07. The minimum Gasteiger partial charge on any atom is -0.491 e. The predicted octanol–water partition coefficient (Wildman–Crippen LogP) is 4.37. The first-order valence-corrected chi connectivity index (χ1v) is 10.2. The first-order chi connectivity index (χ1) is 13.4. The molecule has 0 fully saturated rings. The molecule has 3 rings (SSSR count). The van der Waals surface area contributed by atoms with Crippen molar-refractivity contribution in [1.29, 1.82) is 0 Å². The maximum Gasteiger partial charge on any atom is 0.573 e. The molecule has 1 aliphatic rings. The molecule has 5 nitrogen and oxygen atoms in total. The monoisotopic (exact) mass is 428 g/mol. The number of halogens is 3. The van der Waals surface area contributed by atoms with Gasteiger partial charge >= 0.3 is 6.36 Å². The van der Waals surface area contributed by atoms with Crippen molar-refractivity contribution in [2.24, 2.45) is 0 Å². The number of nitrogens with zero attached hydrogens (tertiary/aromatic N) is 1. The van der Waals surface area contributed by atoms with Crippen LogP contribution in [-0.2, 0) is 16.5 Å². The van der Waals surface area contributed by atoms with Crippen molar-refractivity contribution >= 4 is 11.0 Å². The van der Waals surface area contributed by atoms with E-state index in [1.54, 1.807) is 30.5 Å². The van der Waals surface area contributed by atoms with Gasteiger partial charge < -0.3 is 9.47 Å². The quantitative estimate of drug-likeness (QED) is 0.786. The lowest BCUT2D eigenvalue weighted by molar-refractivity contribution is -0.274. The van der Waals surface area contributed by atoms with Crippen LogP contribution in [0.15, 0.2) is 36.5 Å². The van der Waals surface area contributed by atoms with Gasteiger partial charge in [0.25, 0.3) is 0 Å². The van der Waals surface area contributed by atoms with E-state index in [0.717, 1.165) is 0 Å². The highest BCUT2D eigenvalue weighted by atomic mass is 32.2. The summed E-state index contributed by atoms with van der Waals surface area (Å²) in [4.78, 5) is 4.46. The third-order valence-corrected chi connectivity index (χ3v) is 6.27. The molecule has 0 saturated carbocycles. The van der Waals surface area contributed by atoms with E-state index in [1.807, 2.05) is 20.8 Å². The van der Waals surface area contributed by atoms with Crippen molar-refractivity contribution < 1.29 is 26.9 Å². The standard InChI is InChI=1S/C20H23F3N2O3S/c1-13-12-14(7-8-15(13)28-20(21,22)23)19(25-29(26)18(2,3)4)9-11-27-16-6-5-10-24-17(16)19/h5-8,10,12,25H,9,11H2,1-4H3. The van der Waals surface area contributed by atoms with Crippen LogP contribution in [-0.4, -0.2) is 26.9 Å². The fourth-order valence-electron chi connectivity index (χ4n) is 3.16. The molecule has 0 amide bonds. The maximum absolute atomic E-state index is 13.0. The average Bonchev–Trinajstić information content (AvgIpc) is 2.61. The molecule has 2 atom stereocenters. The fourth-order valence-corrected chi connectivity index (χ4v) is 4.10. The highest BCUT2D eigenvalue weighted by Gasteiger charge is 2.44. The molecule has 2 unspecified atom stereocenters. The third-order valence-electron chi connectivity index (χ3n) is 4.63. The fraction of sp³-hybridized carbons (Fsp3) is 0.450. The van der Waals surface area contributed by atoms with Crippen LogP contribution in [0.3, 0.4) is 0 Å². The number of hydrogen-bond acceptors (Lipinski definition) is 4. The van der Waals surface area contributed by atoms with Crippen LogP contribution in [0.25, 0.3) is 0 Å². The Kier molecular flexibility index (Phi) is 5.66. The molecule has 0 radical (unpaired) electrons. The molecule has 29 heavy (non-hydrogen) atoms. The molecule has 1 aromatic carbocycles. The smallest absolute Gasteiger partial charge is 0.491 e. The topological polar surface area (TPSA) is 60.5 Å². The number of pyridine rings is 1. The molecule has 1 aliphatic heterocycles. The first kappa shape index (κ1) is 21.6. The summed E-state index contributed by atoms with van der Waals surface area (Å²) >= 11 is 0. The van der Waals surface area contributed by atoms with Gasteiger partial charge in [0.1, 0.15) is 22.7 Å². The zero-order valence-electron chi connectivity index (χ0n) is 16.6. The SMILES string of the molecule is Cc1cc(C2(NS(=O)C(C)(C)C)CCOc3cccnc32)ccc1OC(F)(F)F. The second kappa shape index (κ2) is 7.60. The van der Waals surface area contributed by atoms with Crippen molar-refractivity contribution in [2.75, 3.05) is 6.61 Å². The van der Waals surface area contributed by atoms with Crippen LogP contribution >= 0.6 is 0 Å². The summed E-state index contributed by atoms with van der Waals surface area (Å²) in [5.74, 6) is 0.270. The van der Waals surface area contributed by atoms with E-state index in [-0.39, 0.29) is 5.75 Å². The van der Waals surface area contributed by atoms with Gasteiger partial charge in [0.15, 0.2) is 0 Å². The Labute approximate surface area is 170 Å². The summed E-state index contributed by atoms with van der Waals surface area (Å²) in [6.45, 7) is 7.40. The number of aromatic nitrogens is 1. The highest BCUT2D eigenvalue weighted by Crippen LogP contribution is 2.42. The summed E-state index contributed by atoms with van der Waals surface area (Å²) < 4.78 is 63.4. The van der Waals surface area contributed by atoms with E-state index in [9.17, 15) is 17.4 Å². The molecule has 2 heterocycles.